The second-order valence-electron chi connectivity index (χ2n) is 6.01. The second kappa shape index (κ2) is 8.00. The van der Waals surface area contributed by atoms with E-state index in [0.717, 1.165) is 31.7 Å². The summed E-state index contributed by atoms with van der Waals surface area (Å²) in [5.74, 6) is 0. The summed E-state index contributed by atoms with van der Waals surface area (Å²) in [5, 5.41) is 14.3. The maximum Gasteiger partial charge on any atom is 0.0595 e. The summed E-state index contributed by atoms with van der Waals surface area (Å²) < 4.78 is 0. The third-order valence-electron chi connectivity index (χ3n) is 3.92. The number of halogens is 3. The predicted molar refractivity (Wildman–Crippen MR) is 91.8 cm³/mol. The van der Waals surface area contributed by atoms with Gasteiger partial charge < -0.3 is 10.4 Å². The molecule has 1 fully saturated rings. The van der Waals surface area contributed by atoms with Gasteiger partial charge in [-0.05, 0) is 17.7 Å². The molecule has 1 heterocycles. The maximum absolute atomic E-state index is 9.78. The van der Waals surface area contributed by atoms with E-state index in [1.165, 1.54) is 0 Å². The molecule has 1 aliphatic rings. The van der Waals surface area contributed by atoms with Crippen molar-refractivity contribution in [2.45, 2.75) is 19.9 Å². The highest BCUT2D eigenvalue weighted by Gasteiger charge is 2.35. The van der Waals surface area contributed by atoms with Crippen LogP contribution >= 0.6 is 35.6 Å². The van der Waals surface area contributed by atoms with Crippen LogP contribution in [0.15, 0.2) is 18.2 Å². The number of piperazine rings is 1. The fourth-order valence-corrected chi connectivity index (χ4v) is 3.17. The molecule has 1 saturated heterocycles. The fraction of sp³-hybridized carbons (Fsp3) is 0.600. The Morgan fingerprint density at radius 3 is 2.38 bits per heavy atom. The molecule has 0 radical (unpaired) electrons. The van der Waals surface area contributed by atoms with Crippen molar-refractivity contribution in [2.75, 3.05) is 32.8 Å². The Balaban J connectivity index is 0.00000220. The summed E-state index contributed by atoms with van der Waals surface area (Å²) in [7, 11) is 0. The van der Waals surface area contributed by atoms with Crippen LogP contribution in [0.25, 0.3) is 0 Å². The first-order valence-corrected chi connectivity index (χ1v) is 7.72. The highest BCUT2D eigenvalue weighted by atomic mass is 35.5. The quantitative estimate of drug-likeness (QED) is 0.871. The normalized spacial score (nSPS) is 18.1. The van der Waals surface area contributed by atoms with Gasteiger partial charge in [0.1, 0.15) is 0 Å². The Labute approximate surface area is 143 Å². The SMILES string of the molecule is CC(C)(CO)[C@@H](c1ccc(Cl)c(Cl)c1)N1CCNCC1.Cl. The van der Waals surface area contributed by atoms with Crippen molar-refractivity contribution in [1.29, 1.82) is 0 Å². The molecule has 0 spiro atoms. The summed E-state index contributed by atoms with van der Waals surface area (Å²) in [6.45, 7) is 8.17. The minimum atomic E-state index is -0.242. The molecule has 2 N–H and O–H groups in total. The summed E-state index contributed by atoms with van der Waals surface area (Å²) in [6.07, 6.45) is 0. The maximum atomic E-state index is 9.78. The van der Waals surface area contributed by atoms with Crippen molar-refractivity contribution in [2.24, 2.45) is 5.41 Å². The van der Waals surface area contributed by atoms with Gasteiger partial charge >= 0.3 is 0 Å². The molecule has 120 valence electrons. The lowest BCUT2D eigenvalue weighted by atomic mass is 9.80. The summed E-state index contributed by atoms with van der Waals surface area (Å²) >= 11 is 12.2. The van der Waals surface area contributed by atoms with Crippen molar-refractivity contribution in [1.82, 2.24) is 10.2 Å². The average Bonchev–Trinajstić information content (AvgIpc) is 2.44. The van der Waals surface area contributed by atoms with E-state index in [-0.39, 0.29) is 30.5 Å². The van der Waals surface area contributed by atoms with E-state index in [4.69, 9.17) is 23.2 Å². The average molecular weight is 354 g/mol. The van der Waals surface area contributed by atoms with Gasteiger partial charge in [0.15, 0.2) is 0 Å². The van der Waals surface area contributed by atoms with Crippen LogP contribution in [0.1, 0.15) is 25.5 Å². The number of benzene rings is 1. The van der Waals surface area contributed by atoms with Crippen LogP contribution in [0.4, 0.5) is 0 Å². The van der Waals surface area contributed by atoms with Crippen LogP contribution in [0.2, 0.25) is 10.0 Å². The Morgan fingerprint density at radius 1 is 1.24 bits per heavy atom. The number of aliphatic hydroxyl groups excluding tert-OH is 1. The van der Waals surface area contributed by atoms with Crippen LogP contribution < -0.4 is 5.32 Å². The molecule has 21 heavy (non-hydrogen) atoms. The molecule has 1 aliphatic heterocycles. The largest absolute Gasteiger partial charge is 0.396 e. The molecule has 1 aromatic rings. The molecule has 0 aromatic heterocycles. The van der Waals surface area contributed by atoms with Gasteiger partial charge in [0.2, 0.25) is 0 Å². The van der Waals surface area contributed by atoms with Crippen molar-refractivity contribution in [3.63, 3.8) is 0 Å². The van der Waals surface area contributed by atoms with E-state index in [0.29, 0.717) is 10.0 Å². The van der Waals surface area contributed by atoms with Crippen LogP contribution in [0, 0.1) is 5.41 Å². The molecule has 6 heteroatoms. The summed E-state index contributed by atoms with van der Waals surface area (Å²) in [5.41, 5.74) is 0.870. The minimum absolute atomic E-state index is 0. The number of nitrogens with one attached hydrogen (secondary N) is 1. The van der Waals surface area contributed by atoms with Crippen LogP contribution in [-0.4, -0.2) is 42.8 Å². The van der Waals surface area contributed by atoms with E-state index in [9.17, 15) is 5.11 Å². The lowest BCUT2D eigenvalue weighted by Gasteiger charge is -2.43. The van der Waals surface area contributed by atoms with Gasteiger partial charge in [-0.25, -0.2) is 0 Å². The highest BCUT2D eigenvalue weighted by molar-refractivity contribution is 6.42. The van der Waals surface area contributed by atoms with E-state index < -0.39 is 0 Å². The molecule has 0 aliphatic carbocycles. The molecule has 1 atom stereocenters. The van der Waals surface area contributed by atoms with Gasteiger partial charge in [-0.3, -0.25) is 4.90 Å². The number of rotatable bonds is 4. The van der Waals surface area contributed by atoms with Gasteiger partial charge in [-0.1, -0.05) is 43.1 Å². The van der Waals surface area contributed by atoms with Crippen molar-refractivity contribution in [3.05, 3.63) is 33.8 Å². The molecule has 2 rings (SSSR count). The number of hydrogen-bond donors (Lipinski definition) is 2. The van der Waals surface area contributed by atoms with Gasteiger partial charge in [-0.15, -0.1) is 12.4 Å². The van der Waals surface area contributed by atoms with E-state index in [1.54, 1.807) is 0 Å². The molecular weight excluding hydrogens is 331 g/mol. The first kappa shape index (κ1) is 19.0. The number of nitrogens with zero attached hydrogens (tertiary/aromatic N) is 1. The van der Waals surface area contributed by atoms with E-state index in [1.807, 2.05) is 18.2 Å². The van der Waals surface area contributed by atoms with Crippen LogP contribution in [-0.2, 0) is 0 Å². The zero-order valence-corrected chi connectivity index (χ0v) is 14.7. The third kappa shape index (κ3) is 4.47. The zero-order valence-electron chi connectivity index (χ0n) is 12.4. The molecule has 0 amide bonds. The van der Waals surface area contributed by atoms with Crippen molar-refractivity contribution >= 4 is 35.6 Å². The second-order valence-corrected chi connectivity index (χ2v) is 6.82. The monoisotopic (exact) mass is 352 g/mol. The molecule has 0 saturated carbocycles. The standard InChI is InChI=1S/C15H22Cl2N2O.ClH/c1-15(2,10-20)14(19-7-5-18-6-8-19)11-3-4-12(16)13(17)9-11;/h3-4,9,14,18,20H,5-8,10H2,1-2H3;1H/t14-;/m1./s1. The predicted octanol–water partition coefficient (Wildman–Crippen LogP) is 3.38. The minimum Gasteiger partial charge on any atom is -0.396 e. The lowest BCUT2D eigenvalue weighted by Crippen LogP contribution is -2.49. The van der Waals surface area contributed by atoms with Gasteiger partial charge in [0.25, 0.3) is 0 Å². The zero-order chi connectivity index (χ0) is 14.8. The fourth-order valence-electron chi connectivity index (χ4n) is 2.87. The van der Waals surface area contributed by atoms with Gasteiger partial charge in [0, 0.05) is 44.2 Å². The Bertz CT molecular complexity index is 462. The van der Waals surface area contributed by atoms with Crippen molar-refractivity contribution < 1.29 is 5.11 Å². The Hall–Kier alpha value is -0.0300. The molecular formula is C15H23Cl3N2O. The smallest absolute Gasteiger partial charge is 0.0595 e. The van der Waals surface area contributed by atoms with E-state index >= 15 is 0 Å². The first-order valence-electron chi connectivity index (χ1n) is 6.96. The molecule has 0 unspecified atom stereocenters. The topological polar surface area (TPSA) is 35.5 Å². The molecule has 1 aromatic carbocycles. The van der Waals surface area contributed by atoms with Crippen LogP contribution in [0.3, 0.4) is 0 Å². The lowest BCUT2D eigenvalue weighted by molar-refractivity contribution is 0.0305. The number of aliphatic hydroxyl groups is 1. The first-order chi connectivity index (χ1) is 9.45. The Morgan fingerprint density at radius 2 is 1.86 bits per heavy atom. The summed E-state index contributed by atoms with van der Waals surface area (Å²) in [6, 6.07) is 5.90. The summed E-state index contributed by atoms with van der Waals surface area (Å²) in [4.78, 5) is 2.41. The van der Waals surface area contributed by atoms with Gasteiger partial charge in [0.05, 0.1) is 10.0 Å². The molecule has 3 nitrogen and oxygen atoms in total. The Kier molecular flexibility index (Phi) is 7.25. The number of hydrogen-bond acceptors (Lipinski definition) is 3. The van der Waals surface area contributed by atoms with E-state index in [2.05, 4.69) is 24.1 Å². The van der Waals surface area contributed by atoms with Crippen molar-refractivity contribution in [3.8, 4) is 0 Å². The highest BCUT2D eigenvalue weighted by Crippen LogP contribution is 2.40. The van der Waals surface area contributed by atoms with Crippen LogP contribution in [0.5, 0.6) is 0 Å². The third-order valence-corrected chi connectivity index (χ3v) is 4.66. The van der Waals surface area contributed by atoms with Gasteiger partial charge in [-0.2, -0.15) is 0 Å². The molecule has 0 bridgehead atoms.